The highest BCUT2D eigenvalue weighted by Gasteiger charge is 2.42. The van der Waals surface area contributed by atoms with Crippen LogP contribution in [0.15, 0.2) is 30.7 Å². The quantitative estimate of drug-likeness (QED) is 0.826. The van der Waals surface area contributed by atoms with Gasteiger partial charge < -0.3 is 24.0 Å². The molecule has 2 aromatic rings. The summed E-state index contributed by atoms with van der Waals surface area (Å²) in [5.74, 6) is 1.65. The lowest BCUT2D eigenvalue weighted by molar-refractivity contribution is -0.0406. The highest BCUT2D eigenvalue weighted by atomic mass is 16.7. The summed E-state index contributed by atoms with van der Waals surface area (Å²) in [5.41, 5.74) is 1.76. The van der Waals surface area contributed by atoms with Crippen LogP contribution in [0.4, 0.5) is 0 Å². The number of carbonyl (C=O) groups excluding carboxylic acids is 1. The van der Waals surface area contributed by atoms with Gasteiger partial charge >= 0.3 is 0 Å². The summed E-state index contributed by atoms with van der Waals surface area (Å²) in [6.45, 7) is 3.99. The Morgan fingerprint density at radius 1 is 1.30 bits per heavy atom. The Labute approximate surface area is 176 Å². The van der Waals surface area contributed by atoms with E-state index in [-0.39, 0.29) is 24.2 Å². The number of piperidine rings is 2. The van der Waals surface area contributed by atoms with Gasteiger partial charge in [-0.05, 0) is 30.7 Å². The van der Waals surface area contributed by atoms with Gasteiger partial charge in [0.15, 0.2) is 11.5 Å². The van der Waals surface area contributed by atoms with E-state index in [1.165, 1.54) is 0 Å². The van der Waals surface area contributed by atoms with Crippen LogP contribution in [0.2, 0.25) is 0 Å². The molecule has 1 aromatic carbocycles. The van der Waals surface area contributed by atoms with Crippen molar-refractivity contribution in [3.05, 3.63) is 42.0 Å². The van der Waals surface area contributed by atoms with E-state index in [0.29, 0.717) is 25.3 Å². The van der Waals surface area contributed by atoms with Gasteiger partial charge in [-0.15, -0.1) is 0 Å². The van der Waals surface area contributed by atoms with Gasteiger partial charge in [-0.1, -0.05) is 12.1 Å². The number of ether oxygens (including phenoxy) is 2. The average molecular weight is 412 g/mol. The number of fused-ring (bicyclic) bond motifs is 1. The molecular formula is C22H28N4O4. The summed E-state index contributed by atoms with van der Waals surface area (Å²) in [7, 11) is 1.84. The van der Waals surface area contributed by atoms with Gasteiger partial charge in [0.1, 0.15) is 5.69 Å². The smallest absolute Gasteiger partial charge is 0.272 e. The lowest BCUT2D eigenvalue weighted by Crippen LogP contribution is -2.54. The number of imidazole rings is 1. The molecule has 1 aromatic heterocycles. The summed E-state index contributed by atoms with van der Waals surface area (Å²) in [6, 6.07) is 5.98. The van der Waals surface area contributed by atoms with Crippen LogP contribution in [0.3, 0.4) is 0 Å². The summed E-state index contributed by atoms with van der Waals surface area (Å²) < 4.78 is 12.9. The number of para-hydroxylation sites is 1. The lowest BCUT2D eigenvalue weighted by Gasteiger charge is -2.49. The molecule has 160 valence electrons. The van der Waals surface area contributed by atoms with Crippen molar-refractivity contribution in [2.75, 3.05) is 33.0 Å². The number of aliphatic hydroxyl groups is 1. The molecule has 1 unspecified atom stereocenters. The first-order valence-corrected chi connectivity index (χ1v) is 10.6. The Morgan fingerprint density at radius 2 is 2.13 bits per heavy atom. The summed E-state index contributed by atoms with van der Waals surface area (Å²) >= 11 is 0. The Morgan fingerprint density at radius 3 is 2.90 bits per heavy atom. The average Bonchev–Trinajstić information content (AvgIpc) is 3.37. The van der Waals surface area contributed by atoms with Crippen LogP contribution in [-0.2, 0) is 13.6 Å². The van der Waals surface area contributed by atoms with Gasteiger partial charge in [-0.25, -0.2) is 4.98 Å². The van der Waals surface area contributed by atoms with Crippen molar-refractivity contribution in [1.29, 1.82) is 0 Å². The number of aliphatic hydroxyl groups excluding tert-OH is 1. The number of aromatic nitrogens is 2. The first kappa shape index (κ1) is 19.4. The second-order valence-corrected chi connectivity index (χ2v) is 8.86. The van der Waals surface area contributed by atoms with Gasteiger partial charge in [0.05, 0.1) is 18.6 Å². The third-order valence-electron chi connectivity index (χ3n) is 6.72. The number of amides is 1. The second-order valence-electron chi connectivity index (χ2n) is 8.86. The highest BCUT2D eigenvalue weighted by molar-refractivity contribution is 5.92. The standard InChI is InChI=1S/C22H28N4O4/c1-24-14-23-10-18(24)21(28)26-7-5-22(6-8-26)9-17(27)12-25(13-22)11-16-3-2-4-19-20(16)30-15-29-19/h2-4,10,14,17,27H,5-9,11-13,15H2,1H3. The number of β-amino-alcohol motifs (C(OH)–C–C–N with tert-alkyl or cyclic N) is 1. The maximum atomic E-state index is 12.8. The topological polar surface area (TPSA) is 80.1 Å². The maximum absolute atomic E-state index is 12.8. The number of carbonyl (C=O) groups is 1. The molecule has 4 heterocycles. The van der Waals surface area contributed by atoms with Gasteiger partial charge in [0.25, 0.3) is 5.91 Å². The Kier molecular flexibility index (Phi) is 4.91. The molecule has 0 aliphatic carbocycles. The maximum Gasteiger partial charge on any atom is 0.272 e. The zero-order valence-electron chi connectivity index (χ0n) is 17.3. The van der Waals surface area contributed by atoms with Crippen LogP contribution in [0.5, 0.6) is 11.5 Å². The molecule has 1 spiro atoms. The van der Waals surface area contributed by atoms with Crippen molar-refractivity contribution in [1.82, 2.24) is 19.4 Å². The molecule has 0 saturated carbocycles. The molecule has 8 nitrogen and oxygen atoms in total. The first-order chi connectivity index (χ1) is 14.5. The van der Waals surface area contributed by atoms with E-state index in [1.54, 1.807) is 17.1 Å². The molecule has 3 aliphatic rings. The summed E-state index contributed by atoms with van der Waals surface area (Å²) in [6.07, 6.45) is 5.52. The SMILES string of the molecule is Cn1cncc1C(=O)N1CCC2(CC1)CC(O)CN(Cc1cccc3c1OCO3)C2. The van der Waals surface area contributed by atoms with Crippen LogP contribution in [-0.4, -0.2) is 69.4 Å². The fourth-order valence-electron chi connectivity index (χ4n) is 5.21. The molecule has 3 aliphatic heterocycles. The normalized spacial score (nSPS) is 23.1. The molecule has 0 bridgehead atoms. The van der Waals surface area contributed by atoms with Crippen molar-refractivity contribution < 1.29 is 19.4 Å². The molecule has 1 amide bonds. The Bertz CT molecular complexity index is 935. The van der Waals surface area contributed by atoms with Crippen molar-refractivity contribution in [2.45, 2.75) is 31.9 Å². The third-order valence-corrected chi connectivity index (χ3v) is 6.72. The minimum Gasteiger partial charge on any atom is -0.454 e. The fraction of sp³-hybridized carbons (Fsp3) is 0.545. The highest BCUT2D eigenvalue weighted by Crippen LogP contribution is 2.42. The zero-order chi connectivity index (χ0) is 20.7. The van der Waals surface area contributed by atoms with E-state index in [9.17, 15) is 9.90 Å². The van der Waals surface area contributed by atoms with E-state index in [1.807, 2.05) is 24.1 Å². The molecule has 2 saturated heterocycles. The minimum atomic E-state index is -0.355. The predicted molar refractivity (Wildman–Crippen MR) is 109 cm³/mol. The fourth-order valence-corrected chi connectivity index (χ4v) is 5.21. The number of likely N-dealkylation sites (tertiary alicyclic amines) is 2. The van der Waals surface area contributed by atoms with Crippen molar-refractivity contribution >= 4 is 5.91 Å². The van der Waals surface area contributed by atoms with E-state index in [2.05, 4.69) is 16.0 Å². The van der Waals surface area contributed by atoms with Crippen molar-refractivity contribution in [3.63, 3.8) is 0 Å². The number of nitrogens with zero attached hydrogens (tertiary/aromatic N) is 4. The van der Waals surface area contributed by atoms with Crippen molar-refractivity contribution in [2.24, 2.45) is 12.5 Å². The van der Waals surface area contributed by atoms with Crippen molar-refractivity contribution in [3.8, 4) is 11.5 Å². The summed E-state index contributed by atoms with van der Waals surface area (Å²) in [4.78, 5) is 21.1. The lowest BCUT2D eigenvalue weighted by atomic mass is 9.71. The van der Waals surface area contributed by atoms with Crippen LogP contribution in [0.25, 0.3) is 0 Å². The monoisotopic (exact) mass is 412 g/mol. The van der Waals surface area contributed by atoms with E-state index >= 15 is 0 Å². The largest absolute Gasteiger partial charge is 0.454 e. The minimum absolute atomic E-state index is 0.0371. The van der Waals surface area contributed by atoms with Gasteiger partial charge in [-0.2, -0.15) is 0 Å². The summed E-state index contributed by atoms with van der Waals surface area (Å²) in [5, 5.41) is 10.6. The van der Waals surface area contributed by atoms with Gasteiger partial charge in [0.2, 0.25) is 6.79 Å². The van der Waals surface area contributed by atoms with Gasteiger partial charge in [0, 0.05) is 45.3 Å². The molecule has 2 fully saturated rings. The molecular weight excluding hydrogens is 384 g/mol. The number of rotatable bonds is 3. The number of benzene rings is 1. The molecule has 30 heavy (non-hydrogen) atoms. The third kappa shape index (κ3) is 3.54. The molecule has 1 atom stereocenters. The number of aryl methyl sites for hydroxylation is 1. The zero-order valence-corrected chi connectivity index (χ0v) is 17.3. The van der Waals surface area contributed by atoms with E-state index in [0.717, 1.165) is 49.4 Å². The molecule has 5 rings (SSSR count). The van der Waals surface area contributed by atoms with E-state index in [4.69, 9.17) is 9.47 Å². The Hall–Kier alpha value is -2.58. The molecule has 0 radical (unpaired) electrons. The van der Waals surface area contributed by atoms with Gasteiger partial charge in [-0.3, -0.25) is 9.69 Å². The number of hydrogen-bond acceptors (Lipinski definition) is 6. The van der Waals surface area contributed by atoms with E-state index < -0.39 is 0 Å². The van der Waals surface area contributed by atoms with Crippen LogP contribution in [0.1, 0.15) is 35.3 Å². The Balaban J connectivity index is 1.26. The first-order valence-electron chi connectivity index (χ1n) is 10.6. The second kappa shape index (κ2) is 7.59. The van der Waals surface area contributed by atoms with Crippen LogP contribution in [0, 0.1) is 5.41 Å². The van der Waals surface area contributed by atoms with Crippen LogP contribution < -0.4 is 9.47 Å². The van der Waals surface area contributed by atoms with Crippen LogP contribution >= 0.6 is 0 Å². The predicted octanol–water partition coefficient (Wildman–Crippen LogP) is 1.64. The molecule has 8 heteroatoms. The number of hydrogen-bond donors (Lipinski definition) is 1. The molecule has 1 N–H and O–H groups in total.